The van der Waals surface area contributed by atoms with E-state index in [4.69, 9.17) is 9.47 Å². The van der Waals surface area contributed by atoms with Crippen molar-refractivity contribution in [3.05, 3.63) is 35.9 Å². The molecule has 0 saturated carbocycles. The molecule has 4 heteroatoms. The number of ether oxygens (including phenoxy) is 2. The van der Waals surface area contributed by atoms with Gasteiger partial charge in [0.2, 0.25) is 11.6 Å². The molecule has 108 valence electrons. The highest BCUT2D eigenvalue weighted by molar-refractivity contribution is 5.21. The Bertz CT molecular complexity index is 354. The zero-order valence-corrected chi connectivity index (χ0v) is 11.9. The Morgan fingerprint density at radius 1 is 0.947 bits per heavy atom. The average Bonchev–Trinajstić information content (AvgIpc) is 2.43. The van der Waals surface area contributed by atoms with Gasteiger partial charge in [-0.1, -0.05) is 44.2 Å². The molecule has 19 heavy (non-hydrogen) atoms. The molecule has 0 fully saturated rings. The fraction of sp³-hybridized carbons (Fsp3) is 0.600. The highest BCUT2D eigenvalue weighted by Gasteiger charge is 2.49. The van der Waals surface area contributed by atoms with Crippen LogP contribution in [-0.4, -0.2) is 29.2 Å². The summed E-state index contributed by atoms with van der Waals surface area (Å²) in [4.78, 5) is 0. The molecule has 1 rings (SSSR count). The summed E-state index contributed by atoms with van der Waals surface area (Å²) in [5.41, 5.74) is 0.352. The molecule has 0 aliphatic heterocycles. The van der Waals surface area contributed by atoms with Gasteiger partial charge in [0.05, 0.1) is 0 Å². The summed E-state index contributed by atoms with van der Waals surface area (Å²) in [6, 6.07) is 8.59. The minimum absolute atomic E-state index is 0.352. The van der Waals surface area contributed by atoms with Crippen LogP contribution in [0.25, 0.3) is 0 Å². The molecule has 0 radical (unpaired) electrons. The first kappa shape index (κ1) is 16.1. The Labute approximate surface area is 115 Å². The minimum Gasteiger partial charge on any atom is -0.358 e. The predicted molar refractivity (Wildman–Crippen MR) is 73.4 cm³/mol. The first-order chi connectivity index (χ1) is 8.98. The molecular weight excluding hydrogens is 244 g/mol. The first-order valence-electron chi connectivity index (χ1n) is 6.76. The van der Waals surface area contributed by atoms with E-state index in [9.17, 15) is 10.2 Å². The average molecular weight is 268 g/mol. The van der Waals surface area contributed by atoms with E-state index in [0.29, 0.717) is 18.8 Å². The molecule has 1 aromatic carbocycles. The van der Waals surface area contributed by atoms with Crippen molar-refractivity contribution < 1.29 is 19.7 Å². The molecule has 0 spiro atoms. The first-order valence-corrected chi connectivity index (χ1v) is 6.76. The molecule has 0 unspecified atom stereocenters. The highest BCUT2D eigenvalue weighted by Crippen LogP contribution is 2.34. The number of hydrogen-bond acceptors (Lipinski definition) is 4. The van der Waals surface area contributed by atoms with E-state index in [0.717, 1.165) is 12.8 Å². The Morgan fingerprint density at radius 2 is 1.42 bits per heavy atom. The van der Waals surface area contributed by atoms with Crippen LogP contribution in [0.15, 0.2) is 30.3 Å². The molecule has 4 nitrogen and oxygen atoms in total. The van der Waals surface area contributed by atoms with Crippen molar-refractivity contribution >= 4 is 0 Å². The molecule has 0 saturated heterocycles. The van der Waals surface area contributed by atoms with Crippen LogP contribution < -0.4 is 0 Å². The van der Waals surface area contributed by atoms with Crippen LogP contribution in [0.2, 0.25) is 0 Å². The molecule has 0 aromatic heterocycles. The minimum atomic E-state index is -2.20. The highest BCUT2D eigenvalue weighted by atomic mass is 16.7. The second-order valence-corrected chi connectivity index (χ2v) is 4.68. The van der Waals surface area contributed by atoms with Crippen LogP contribution in [0.3, 0.4) is 0 Å². The van der Waals surface area contributed by atoms with Crippen LogP contribution in [0.1, 0.15) is 39.2 Å². The molecule has 0 amide bonds. The van der Waals surface area contributed by atoms with Gasteiger partial charge in [0.15, 0.2) is 0 Å². The normalized spacial score (nSPS) is 12.7. The Hall–Kier alpha value is -0.940. The van der Waals surface area contributed by atoms with E-state index in [1.807, 2.05) is 19.9 Å². The number of rotatable bonds is 8. The van der Waals surface area contributed by atoms with E-state index in [2.05, 4.69) is 0 Å². The van der Waals surface area contributed by atoms with Crippen LogP contribution in [0, 0.1) is 0 Å². The van der Waals surface area contributed by atoms with Crippen molar-refractivity contribution in [1.82, 2.24) is 0 Å². The molecular formula is C15H24O4. The molecule has 0 aliphatic rings. The second kappa shape index (κ2) is 7.01. The topological polar surface area (TPSA) is 58.9 Å². The lowest BCUT2D eigenvalue weighted by Crippen LogP contribution is -2.54. The largest absolute Gasteiger partial charge is 0.358 e. The SMILES string of the molecule is CCCOC(C)(OCCC)C(O)(O)c1ccccc1. The quantitative estimate of drug-likeness (QED) is 0.711. The Kier molecular flexibility index (Phi) is 5.94. The van der Waals surface area contributed by atoms with Crippen molar-refractivity contribution in [3.63, 3.8) is 0 Å². The Morgan fingerprint density at radius 3 is 1.84 bits per heavy atom. The van der Waals surface area contributed by atoms with Crippen molar-refractivity contribution in [1.29, 1.82) is 0 Å². The number of hydrogen-bond donors (Lipinski definition) is 2. The summed E-state index contributed by atoms with van der Waals surface area (Å²) in [6.45, 7) is 6.27. The fourth-order valence-electron chi connectivity index (χ4n) is 1.77. The van der Waals surface area contributed by atoms with E-state index in [1.54, 1.807) is 31.2 Å². The van der Waals surface area contributed by atoms with Gasteiger partial charge in [-0.3, -0.25) is 0 Å². The molecule has 1 aromatic rings. The molecule has 2 N–H and O–H groups in total. The zero-order valence-electron chi connectivity index (χ0n) is 11.9. The van der Waals surface area contributed by atoms with Gasteiger partial charge in [0, 0.05) is 18.8 Å². The monoisotopic (exact) mass is 268 g/mol. The standard InChI is InChI=1S/C15H24O4/c1-4-11-18-14(3,19-12-5-2)15(16,17)13-9-7-6-8-10-13/h6-10,16-17H,4-5,11-12H2,1-3H3. The summed E-state index contributed by atoms with van der Waals surface area (Å²) in [7, 11) is 0. The second-order valence-electron chi connectivity index (χ2n) is 4.68. The molecule has 0 bridgehead atoms. The van der Waals surface area contributed by atoms with Crippen LogP contribution in [0.5, 0.6) is 0 Å². The van der Waals surface area contributed by atoms with Crippen molar-refractivity contribution in [3.8, 4) is 0 Å². The van der Waals surface area contributed by atoms with Gasteiger partial charge >= 0.3 is 0 Å². The lowest BCUT2D eigenvalue weighted by Gasteiger charge is -2.40. The van der Waals surface area contributed by atoms with Crippen molar-refractivity contribution in [2.75, 3.05) is 13.2 Å². The summed E-state index contributed by atoms with van der Waals surface area (Å²) < 4.78 is 11.2. The van der Waals surface area contributed by atoms with E-state index in [-0.39, 0.29) is 0 Å². The van der Waals surface area contributed by atoms with Gasteiger partial charge in [0.1, 0.15) is 0 Å². The third-order valence-electron chi connectivity index (χ3n) is 2.97. The number of aliphatic hydroxyl groups is 2. The van der Waals surface area contributed by atoms with Gasteiger partial charge < -0.3 is 19.7 Å². The van der Waals surface area contributed by atoms with Gasteiger partial charge in [0.25, 0.3) is 0 Å². The maximum Gasteiger partial charge on any atom is 0.245 e. The fourth-order valence-corrected chi connectivity index (χ4v) is 1.77. The maximum atomic E-state index is 10.5. The zero-order chi connectivity index (χ0) is 14.4. The maximum absolute atomic E-state index is 10.5. The molecule has 0 aliphatic carbocycles. The summed E-state index contributed by atoms with van der Waals surface area (Å²) in [5.74, 6) is -3.68. The smallest absolute Gasteiger partial charge is 0.245 e. The number of benzene rings is 1. The third kappa shape index (κ3) is 3.76. The van der Waals surface area contributed by atoms with Crippen molar-refractivity contribution in [2.24, 2.45) is 0 Å². The van der Waals surface area contributed by atoms with E-state index < -0.39 is 11.6 Å². The van der Waals surface area contributed by atoms with Crippen LogP contribution in [-0.2, 0) is 15.3 Å². The summed E-state index contributed by atoms with van der Waals surface area (Å²) >= 11 is 0. The predicted octanol–water partition coefficient (Wildman–Crippen LogP) is 2.39. The van der Waals surface area contributed by atoms with E-state index in [1.165, 1.54) is 0 Å². The molecule has 0 atom stereocenters. The van der Waals surface area contributed by atoms with Gasteiger partial charge in [-0.2, -0.15) is 0 Å². The summed E-state index contributed by atoms with van der Waals surface area (Å²) in [6.07, 6.45) is 1.55. The van der Waals surface area contributed by atoms with E-state index >= 15 is 0 Å². The Balaban J connectivity index is 3.00. The lowest BCUT2D eigenvalue weighted by molar-refractivity contribution is -0.387. The van der Waals surface area contributed by atoms with Crippen LogP contribution in [0.4, 0.5) is 0 Å². The van der Waals surface area contributed by atoms with Gasteiger partial charge in [-0.05, 0) is 19.8 Å². The molecule has 0 heterocycles. The van der Waals surface area contributed by atoms with Gasteiger partial charge in [-0.25, -0.2) is 0 Å². The summed E-state index contributed by atoms with van der Waals surface area (Å²) in [5, 5.41) is 20.9. The van der Waals surface area contributed by atoms with Crippen molar-refractivity contribution in [2.45, 2.75) is 45.2 Å². The third-order valence-corrected chi connectivity index (χ3v) is 2.97. The van der Waals surface area contributed by atoms with Gasteiger partial charge in [-0.15, -0.1) is 0 Å². The lowest BCUT2D eigenvalue weighted by atomic mass is 9.98. The van der Waals surface area contributed by atoms with Crippen LogP contribution >= 0.6 is 0 Å².